The molecule has 0 spiro atoms. The number of rotatable bonds is 4. The minimum absolute atomic E-state index is 0.0550. The average Bonchev–Trinajstić information content (AvgIpc) is 3.10. The number of ether oxygens (including phenoxy) is 3. The highest BCUT2D eigenvalue weighted by Gasteiger charge is 2.43. The summed E-state index contributed by atoms with van der Waals surface area (Å²) in [5.74, 6) is -0.0190. The number of amides is 2. The third kappa shape index (κ3) is 4.57. The van der Waals surface area contributed by atoms with Crippen LogP contribution in [0.3, 0.4) is 0 Å². The second kappa shape index (κ2) is 8.21. The highest BCUT2D eigenvalue weighted by Crippen LogP contribution is 2.41. The SMILES string of the molecule is COc1ccc(C(=O)N2CCN(C(=O)/C=C/c3ccc4c(c3)OC(F)(F)O4)CC2)nc1. The van der Waals surface area contributed by atoms with Gasteiger partial charge in [-0.05, 0) is 35.9 Å². The smallest absolute Gasteiger partial charge is 0.495 e. The number of alkyl halides is 2. The Morgan fingerprint density at radius 3 is 2.45 bits per heavy atom. The number of carbonyl (C=O) groups is 2. The number of benzene rings is 1. The molecule has 0 aliphatic carbocycles. The first-order chi connectivity index (χ1) is 14.8. The van der Waals surface area contributed by atoms with Gasteiger partial charge in [-0.1, -0.05) is 6.07 Å². The van der Waals surface area contributed by atoms with E-state index < -0.39 is 6.29 Å². The van der Waals surface area contributed by atoms with Gasteiger partial charge in [0.15, 0.2) is 11.5 Å². The Morgan fingerprint density at radius 2 is 1.77 bits per heavy atom. The van der Waals surface area contributed by atoms with Crippen LogP contribution in [0.4, 0.5) is 8.78 Å². The molecule has 0 unspecified atom stereocenters. The second-order valence-corrected chi connectivity index (χ2v) is 6.91. The van der Waals surface area contributed by atoms with Crippen LogP contribution in [0.25, 0.3) is 6.08 Å². The number of aromatic nitrogens is 1. The van der Waals surface area contributed by atoms with Crippen molar-refractivity contribution in [1.82, 2.24) is 14.8 Å². The number of methoxy groups -OCH3 is 1. The molecule has 3 heterocycles. The summed E-state index contributed by atoms with van der Waals surface area (Å²) in [7, 11) is 1.52. The quantitative estimate of drug-likeness (QED) is 0.692. The van der Waals surface area contributed by atoms with E-state index in [1.807, 2.05) is 0 Å². The third-order valence-corrected chi connectivity index (χ3v) is 4.91. The van der Waals surface area contributed by atoms with E-state index in [-0.39, 0.29) is 23.3 Å². The number of halogens is 2. The molecule has 0 radical (unpaired) electrons. The van der Waals surface area contributed by atoms with Crippen LogP contribution in [0, 0.1) is 0 Å². The Morgan fingerprint density at radius 1 is 1.06 bits per heavy atom. The van der Waals surface area contributed by atoms with Gasteiger partial charge in [0.1, 0.15) is 11.4 Å². The van der Waals surface area contributed by atoms with Gasteiger partial charge in [0.2, 0.25) is 5.91 Å². The maximum Gasteiger partial charge on any atom is 0.586 e. The fourth-order valence-electron chi connectivity index (χ4n) is 3.26. The highest BCUT2D eigenvalue weighted by molar-refractivity contribution is 5.94. The fourth-order valence-corrected chi connectivity index (χ4v) is 3.26. The van der Waals surface area contributed by atoms with Crippen LogP contribution in [0.2, 0.25) is 0 Å². The number of hydrogen-bond acceptors (Lipinski definition) is 6. The Balaban J connectivity index is 1.32. The van der Waals surface area contributed by atoms with Crippen LogP contribution >= 0.6 is 0 Å². The zero-order chi connectivity index (χ0) is 22.0. The van der Waals surface area contributed by atoms with Crippen molar-refractivity contribution < 1.29 is 32.6 Å². The fraction of sp³-hybridized carbons (Fsp3) is 0.286. The molecule has 0 saturated carbocycles. The first-order valence-corrected chi connectivity index (χ1v) is 9.51. The van der Waals surface area contributed by atoms with Crippen LogP contribution in [-0.2, 0) is 4.79 Å². The van der Waals surface area contributed by atoms with E-state index in [0.717, 1.165) is 0 Å². The molecular formula is C21H19F2N3O5. The van der Waals surface area contributed by atoms with Crippen LogP contribution < -0.4 is 14.2 Å². The molecule has 2 aliphatic rings. The molecule has 1 aromatic carbocycles. The maximum absolute atomic E-state index is 13.1. The molecule has 162 valence electrons. The molecule has 0 N–H and O–H groups in total. The van der Waals surface area contributed by atoms with Crippen molar-refractivity contribution >= 4 is 17.9 Å². The summed E-state index contributed by atoms with van der Waals surface area (Å²) in [4.78, 5) is 32.4. The van der Waals surface area contributed by atoms with Crippen molar-refractivity contribution in [2.24, 2.45) is 0 Å². The van der Waals surface area contributed by atoms with E-state index in [9.17, 15) is 18.4 Å². The lowest BCUT2D eigenvalue weighted by Gasteiger charge is -2.34. The van der Waals surface area contributed by atoms with E-state index in [2.05, 4.69) is 14.5 Å². The van der Waals surface area contributed by atoms with Crippen molar-refractivity contribution in [1.29, 1.82) is 0 Å². The van der Waals surface area contributed by atoms with Crippen molar-refractivity contribution in [3.63, 3.8) is 0 Å². The molecule has 0 bridgehead atoms. The minimum Gasteiger partial charge on any atom is -0.495 e. The summed E-state index contributed by atoms with van der Waals surface area (Å²) in [6.45, 7) is 1.51. The van der Waals surface area contributed by atoms with Gasteiger partial charge < -0.3 is 24.0 Å². The minimum atomic E-state index is -3.68. The van der Waals surface area contributed by atoms with Gasteiger partial charge in [0, 0.05) is 32.3 Å². The molecule has 2 aliphatic heterocycles. The molecule has 0 atom stereocenters. The number of pyridine rings is 1. The van der Waals surface area contributed by atoms with E-state index in [4.69, 9.17) is 4.74 Å². The van der Waals surface area contributed by atoms with E-state index >= 15 is 0 Å². The standard InChI is InChI=1S/C21H19F2N3O5/c1-29-15-4-5-16(24-13-15)20(28)26-10-8-25(9-11-26)19(27)7-3-14-2-6-17-18(12-14)31-21(22,23)30-17/h2-7,12-13H,8-11H2,1H3/b7-3+. The summed E-state index contributed by atoms with van der Waals surface area (Å²) in [5, 5.41) is 0. The van der Waals surface area contributed by atoms with Gasteiger partial charge in [0.25, 0.3) is 5.91 Å². The first kappa shape index (κ1) is 20.6. The van der Waals surface area contributed by atoms with E-state index in [1.165, 1.54) is 37.6 Å². The highest BCUT2D eigenvalue weighted by atomic mass is 19.3. The number of hydrogen-bond donors (Lipinski definition) is 0. The van der Waals surface area contributed by atoms with E-state index in [1.54, 1.807) is 28.0 Å². The van der Waals surface area contributed by atoms with Crippen molar-refractivity contribution in [2.45, 2.75) is 6.29 Å². The van der Waals surface area contributed by atoms with Crippen LogP contribution in [0.1, 0.15) is 16.1 Å². The zero-order valence-electron chi connectivity index (χ0n) is 16.6. The molecule has 1 fully saturated rings. The molecule has 10 heteroatoms. The molecule has 4 rings (SSSR count). The summed E-state index contributed by atoms with van der Waals surface area (Å²) >= 11 is 0. The summed E-state index contributed by atoms with van der Waals surface area (Å²) in [6, 6.07) is 7.55. The Bertz CT molecular complexity index is 1020. The third-order valence-electron chi connectivity index (χ3n) is 4.91. The predicted octanol–water partition coefficient (Wildman–Crippen LogP) is 2.41. The normalized spacial score (nSPS) is 17.1. The van der Waals surface area contributed by atoms with E-state index in [0.29, 0.717) is 43.2 Å². The number of fused-ring (bicyclic) bond motifs is 1. The molecular weight excluding hydrogens is 412 g/mol. The Labute approximate surface area is 176 Å². The molecule has 31 heavy (non-hydrogen) atoms. The van der Waals surface area contributed by atoms with Gasteiger partial charge in [-0.25, -0.2) is 4.98 Å². The first-order valence-electron chi connectivity index (χ1n) is 9.51. The van der Waals surface area contributed by atoms with Gasteiger partial charge in [-0.3, -0.25) is 9.59 Å². The van der Waals surface area contributed by atoms with Crippen LogP contribution in [0.15, 0.2) is 42.6 Å². The molecule has 2 aromatic rings. The Hall–Kier alpha value is -3.69. The second-order valence-electron chi connectivity index (χ2n) is 6.91. The van der Waals surface area contributed by atoms with Crippen LogP contribution in [-0.4, -0.2) is 66.2 Å². The lowest BCUT2D eigenvalue weighted by Crippen LogP contribution is -2.50. The summed E-state index contributed by atoms with van der Waals surface area (Å²) in [5.41, 5.74) is 0.835. The number of nitrogens with zero attached hydrogens (tertiary/aromatic N) is 3. The van der Waals surface area contributed by atoms with Crippen molar-refractivity contribution in [2.75, 3.05) is 33.3 Å². The number of piperazine rings is 1. The lowest BCUT2D eigenvalue weighted by molar-refractivity contribution is -0.286. The van der Waals surface area contributed by atoms with Crippen molar-refractivity contribution in [3.8, 4) is 17.2 Å². The van der Waals surface area contributed by atoms with Gasteiger partial charge in [-0.15, -0.1) is 8.78 Å². The van der Waals surface area contributed by atoms with Crippen LogP contribution in [0.5, 0.6) is 17.2 Å². The predicted molar refractivity (Wildman–Crippen MR) is 105 cm³/mol. The van der Waals surface area contributed by atoms with Gasteiger partial charge >= 0.3 is 6.29 Å². The topological polar surface area (TPSA) is 81.2 Å². The average molecular weight is 431 g/mol. The monoisotopic (exact) mass is 431 g/mol. The number of carbonyl (C=O) groups excluding carboxylic acids is 2. The lowest BCUT2D eigenvalue weighted by atomic mass is 10.2. The molecule has 1 aromatic heterocycles. The molecule has 1 saturated heterocycles. The van der Waals surface area contributed by atoms with Crippen molar-refractivity contribution in [3.05, 3.63) is 53.9 Å². The summed E-state index contributed by atoms with van der Waals surface area (Å²) < 4.78 is 40.0. The maximum atomic E-state index is 13.1. The molecule has 2 amide bonds. The van der Waals surface area contributed by atoms with Gasteiger partial charge in [-0.2, -0.15) is 0 Å². The van der Waals surface area contributed by atoms with Gasteiger partial charge in [0.05, 0.1) is 13.3 Å². The zero-order valence-corrected chi connectivity index (χ0v) is 16.6. The largest absolute Gasteiger partial charge is 0.586 e. The summed E-state index contributed by atoms with van der Waals surface area (Å²) in [6.07, 6.45) is 0.674. The molecule has 8 nitrogen and oxygen atoms in total. The Kier molecular flexibility index (Phi) is 5.45.